The van der Waals surface area contributed by atoms with E-state index in [0.717, 1.165) is 37.1 Å². The fraction of sp³-hybridized carbons (Fsp3) is 0.647. The summed E-state index contributed by atoms with van der Waals surface area (Å²) >= 11 is 0. The topological polar surface area (TPSA) is 33.7 Å². The molecule has 4 heteroatoms. The van der Waals surface area contributed by atoms with Gasteiger partial charge in [-0.1, -0.05) is 0 Å². The molecule has 0 radical (unpaired) electrons. The smallest absolute Gasteiger partial charge is 0.142 e. The number of hydrogen-bond acceptors (Lipinski definition) is 4. The van der Waals surface area contributed by atoms with Gasteiger partial charge in [-0.05, 0) is 44.7 Å². The molecule has 1 unspecified atom stereocenters. The highest BCUT2D eigenvalue weighted by Gasteiger charge is 2.34. The number of benzene rings is 1. The zero-order valence-electron chi connectivity index (χ0n) is 13.1. The Morgan fingerprint density at radius 3 is 2.71 bits per heavy atom. The second-order valence-corrected chi connectivity index (χ2v) is 5.84. The summed E-state index contributed by atoms with van der Waals surface area (Å²) in [5.41, 5.74) is 1.18. The number of hydrogen-bond donors (Lipinski definition) is 1. The largest absolute Gasteiger partial charge is 0.494 e. The zero-order chi connectivity index (χ0) is 14.7. The average Bonchev–Trinajstić information content (AvgIpc) is 3.34. The maximum Gasteiger partial charge on any atom is 0.142 e. The molecule has 1 aromatic rings. The Hall–Kier alpha value is -1.42. The predicted octanol–water partition coefficient (Wildman–Crippen LogP) is 2.67. The van der Waals surface area contributed by atoms with Crippen molar-refractivity contribution in [3.63, 3.8) is 0 Å². The van der Waals surface area contributed by atoms with E-state index in [1.807, 2.05) is 26.0 Å². The van der Waals surface area contributed by atoms with Crippen LogP contribution in [0.2, 0.25) is 0 Å². The molecule has 1 aliphatic heterocycles. The number of ether oxygens (including phenoxy) is 2. The number of rotatable bonds is 6. The SMILES string of the molecule is CCOc1ccc(OCC)c(N2CCNC(C3CC3)C2)c1. The number of piperazine rings is 1. The van der Waals surface area contributed by atoms with Gasteiger partial charge in [0, 0.05) is 31.7 Å². The fourth-order valence-corrected chi connectivity index (χ4v) is 3.09. The lowest BCUT2D eigenvalue weighted by molar-refractivity contribution is 0.329. The van der Waals surface area contributed by atoms with Crippen LogP contribution in [0.3, 0.4) is 0 Å². The van der Waals surface area contributed by atoms with Crippen molar-refractivity contribution in [1.82, 2.24) is 5.32 Å². The Kier molecular flexibility index (Phi) is 4.54. The van der Waals surface area contributed by atoms with Crippen molar-refractivity contribution in [2.75, 3.05) is 37.7 Å². The molecular weight excluding hydrogens is 264 g/mol. The molecule has 0 amide bonds. The van der Waals surface area contributed by atoms with Crippen molar-refractivity contribution in [1.29, 1.82) is 0 Å². The van der Waals surface area contributed by atoms with E-state index in [-0.39, 0.29) is 0 Å². The first-order valence-electron chi connectivity index (χ1n) is 8.19. The van der Waals surface area contributed by atoms with Crippen LogP contribution < -0.4 is 19.7 Å². The first-order chi connectivity index (χ1) is 10.3. The highest BCUT2D eigenvalue weighted by atomic mass is 16.5. The van der Waals surface area contributed by atoms with Crippen molar-refractivity contribution in [3.05, 3.63) is 18.2 Å². The van der Waals surface area contributed by atoms with Gasteiger partial charge in [-0.15, -0.1) is 0 Å². The second kappa shape index (κ2) is 6.56. The summed E-state index contributed by atoms with van der Waals surface area (Å²) in [5.74, 6) is 2.77. The molecule has 21 heavy (non-hydrogen) atoms. The number of anilines is 1. The minimum Gasteiger partial charge on any atom is -0.494 e. The molecule has 2 fully saturated rings. The Morgan fingerprint density at radius 1 is 1.19 bits per heavy atom. The van der Waals surface area contributed by atoms with Crippen LogP contribution in [-0.2, 0) is 0 Å². The standard InChI is InChI=1S/C17H26N2O2/c1-3-20-14-7-8-17(21-4-2)16(11-14)19-10-9-18-15(12-19)13-5-6-13/h7-8,11,13,15,18H,3-6,9-10,12H2,1-2H3. The second-order valence-electron chi connectivity index (χ2n) is 5.84. The predicted molar refractivity (Wildman–Crippen MR) is 85.5 cm³/mol. The minimum atomic E-state index is 0.629. The van der Waals surface area contributed by atoms with Gasteiger partial charge in [-0.2, -0.15) is 0 Å². The van der Waals surface area contributed by atoms with Crippen molar-refractivity contribution in [3.8, 4) is 11.5 Å². The van der Waals surface area contributed by atoms with Gasteiger partial charge in [0.05, 0.1) is 18.9 Å². The van der Waals surface area contributed by atoms with Gasteiger partial charge in [0.25, 0.3) is 0 Å². The molecule has 1 saturated carbocycles. The zero-order valence-corrected chi connectivity index (χ0v) is 13.1. The van der Waals surface area contributed by atoms with E-state index in [1.54, 1.807) is 0 Å². The molecule has 0 aromatic heterocycles. The lowest BCUT2D eigenvalue weighted by Crippen LogP contribution is -2.51. The first kappa shape index (κ1) is 14.5. The molecule has 1 heterocycles. The quantitative estimate of drug-likeness (QED) is 0.873. The monoisotopic (exact) mass is 290 g/mol. The van der Waals surface area contributed by atoms with Crippen LogP contribution in [0.15, 0.2) is 18.2 Å². The van der Waals surface area contributed by atoms with Crippen LogP contribution in [0.5, 0.6) is 11.5 Å². The number of nitrogens with one attached hydrogen (secondary N) is 1. The summed E-state index contributed by atoms with van der Waals surface area (Å²) in [6.07, 6.45) is 2.76. The van der Waals surface area contributed by atoms with E-state index in [1.165, 1.54) is 18.5 Å². The fourth-order valence-electron chi connectivity index (χ4n) is 3.09. The van der Waals surface area contributed by atoms with Crippen LogP contribution >= 0.6 is 0 Å². The van der Waals surface area contributed by atoms with Crippen LogP contribution in [0.4, 0.5) is 5.69 Å². The molecular formula is C17H26N2O2. The minimum absolute atomic E-state index is 0.629. The van der Waals surface area contributed by atoms with Gasteiger partial charge in [-0.3, -0.25) is 0 Å². The van der Waals surface area contributed by atoms with Gasteiger partial charge < -0.3 is 19.7 Å². The maximum atomic E-state index is 5.82. The van der Waals surface area contributed by atoms with Crippen LogP contribution in [0.1, 0.15) is 26.7 Å². The average molecular weight is 290 g/mol. The molecule has 0 spiro atoms. The van der Waals surface area contributed by atoms with Gasteiger partial charge >= 0.3 is 0 Å². The Bertz CT molecular complexity index is 474. The van der Waals surface area contributed by atoms with E-state index in [9.17, 15) is 0 Å². The normalized spacial score (nSPS) is 22.2. The molecule has 1 saturated heterocycles. The Balaban J connectivity index is 1.81. The van der Waals surface area contributed by atoms with Crippen LogP contribution in [0, 0.1) is 5.92 Å². The van der Waals surface area contributed by atoms with Crippen LogP contribution in [-0.4, -0.2) is 38.9 Å². The third-order valence-electron chi connectivity index (χ3n) is 4.28. The molecule has 1 atom stereocenters. The molecule has 3 rings (SSSR count). The van der Waals surface area contributed by atoms with Crippen LogP contribution in [0.25, 0.3) is 0 Å². The van der Waals surface area contributed by atoms with Crippen molar-refractivity contribution >= 4 is 5.69 Å². The summed E-state index contributed by atoms with van der Waals surface area (Å²) in [7, 11) is 0. The van der Waals surface area contributed by atoms with Crippen molar-refractivity contribution < 1.29 is 9.47 Å². The number of nitrogens with zero attached hydrogens (tertiary/aromatic N) is 1. The van der Waals surface area contributed by atoms with E-state index < -0.39 is 0 Å². The summed E-state index contributed by atoms with van der Waals surface area (Å²) in [6.45, 7) is 8.58. The highest BCUT2D eigenvalue weighted by Crippen LogP contribution is 2.37. The van der Waals surface area contributed by atoms with Crippen molar-refractivity contribution in [2.24, 2.45) is 5.92 Å². The van der Waals surface area contributed by atoms with E-state index in [2.05, 4.69) is 16.3 Å². The lowest BCUT2D eigenvalue weighted by Gasteiger charge is -2.36. The first-order valence-corrected chi connectivity index (χ1v) is 8.19. The van der Waals surface area contributed by atoms with E-state index in [4.69, 9.17) is 9.47 Å². The van der Waals surface area contributed by atoms with Crippen molar-refractivity contribution in [2.45, 2.75) is 32.7 Å². The molecule has 1 N–H and O–H groups in total. The molecule has 1 aromatic carbocycles. The van der Waals surface area contributed by atoms with Gasteiger partial charge in [-0.25, -0.2) is 0 Å². The third-order valence-corrected chi connectivity index (χ3v) is 4.28. The molecule has 2 aliphatic rings. The van der Waals surface area contributed by atoms with E-state index >= 15 is 0 Å². The highest BCUT2D eigenvalue weighted by molar-refractivity contribution is 5.62. The molecule has 1 aliphatic carbocycles. The molecule has 116 valence electrons. The lowest BCUT2D eigenvalue weighted by atomic mass is 10.1. The molecule has 0 bridgehead atoms. The van der Waals surface area contributed by atoms with Gasteiger partial charge in [0.15, 0.2) is 0 Å². The summed E-state index contributed by atoms with van der Waals surface area (Å²) in [4.78, 5) is 2.45. The summed E-state index contributed by atoms with van der Waals surface area (Å²) in [5, 5.41) is 3.66. The van der Waals surface area contributed by atoms with Gasteiger partial charge in [0.2, 0.25) is 0 Å². The van der Waals surface area contributed by atoms with Gasteiger partial charge in [0.1, 0.15) is 11.5 Å². The maximum absolute atomic E-state index is 5.82. The Morgan fingerprint density at radius 2 is 2.00 bits per heavy atom. The van der Waals surface area contributed by atoms with E-state index in [0.29, 0.717) is 19.3 Å². The summed E-state index contributed by atoms with van der Waals surface area (Å²) < 4.78 is 11.5. The third kappa shape index (κ3) is 3.43. The Labute approximate surface area is 127 Å². The molecule has 4 nitrogen and oxygen atoms in total. The summed E-state index contributed by atoms with van der Waals surface area (Å²) in [6, 6.07) is 6.80.